The molecule has 1 amide bonds. The highest BCUT2D eigenvalue weighted by Crippen LogP contribution is 2.40. The smallest absolute Gasteiger partial charge is 0.267 e. The van der Waals surface area contributed by atoms with Crippen LogP contribution in [0.25, 0.3) is 16.8 Å². The number of nitrogens with zero attached hydrogens (tertiary/aromatic N) is 2. The highest BCUT2D eigenvalue weighted by Gasteiger charge is 2.37. The van der Waals surface area contributed by atoms with Crippen molar-refractivity contribution in [3.05, 3.63) is 113 Å². The van der Waals surface area contributed by atoms with Crippen LogP contribution in [0.2, 0.25) is 0 Å². The number of ether oxygens (including phenoxy) is 1. The lowest BCUT2D eigenvalue weighted by Crippen LogP contribution is -2.32. The van der Waals surface area contributed by atoms with Crippen molar-refractivity contribution in [1.29, 1.82) is 0 Å². The number of hydrogen-bond donors (Lipinski definition) is 0. The molecule has 0 unspecified atom stereocenters. The molecular weight excluding hydrogens is 440 g/mol. The van der Waals surface area contributed by atoms with E-state index in [0.29, 0.717) is 10.1 Å². The minimum Gasteiger partial charge on any atom is -0.496 e. The zero-order valence-corrected chi connectivity index (χ0v) is 19.8. The fourth-order valence-corrected chi connectivity index (χ4v) is 5.20. The number of amides is 1. The molecule has 0 aliphatic carbocycles. The van der Waals surface area contributed by atoms with Gasteiger partial charge in [-0.3, -0.25) is 9.69 Å². The Morgan fingerprint density at radius 3 is 2.21 bits per heavy atom. The molecule has 4 aromatic rings. The van der Waals surface area contributed by atoms with Crippen molar-refractivity contribution in [2.45, 2.75) is 13.0 Å². The number of methoxy groups -OCH3 is 1. The second kappa shape index (κ2) is 9.57. The summed E-state index contributed by atoms with van der Waals surface area (Å²) in [5.74, 6) is 0.768. The molecule has 1 saturated heterocycles. The van der Waals surface area contributed by atoms with Crippen molar-refractivity contribution in [2.75, 3.05) is 7.11 Å². The van der Waals surface area contributed by atoms with Crippen molar-refractivity contribution in [3.63, 3.8) is 0 Å². The van der Waals surface area contributed by atoms with Crippen LogP contribution in [0.5, 0.6) is 5.75 Å². The number of fused-ring (bicyclic) bond motifs is 1. The second-order valence-corrected chi connectivity index (χ2v) is 9.01. The summed E-state index contributed by atoms with van der Waals surface area (Å²) in [5, 5.41) is 2.73. The summed E-state index contributed by atoms with van der Waals surface area (Å²) in [6, 6.07) is 31.7. The largest absolute Gasteiger partial charge is 0.496 e. The molecule has 1 atom stereocenters. The lowest BCUT2D eigenvalue weighted by molar-refractivity contribution is -0.123. The van der Waals surface area contributed by atoms with Gasteiger partial charge in [0.05, 0.1) is 23.7 Å². The van der Waals surface area contributed by atoms with Crippen LogP contribution >= 0.6 is 11.8 Å². The molecule has 0 radical (unpaired) electrons. The fourth-order valence-electron chi connectivity index (χ4n) is 4.14. The third kappa shape index (κ3) is 4.22. The molecule has 168 valence electrons. The molecule has 1 fully saturated rings. The first kappa shape index (κ1) is 22.0. The van der Waals surface area contributed by atoms with E-state index >= 15 is 0 Å². The third-order valence-electron chi connectivity index (χ3n) is 5.91. The molecule has 5 heteroatoms. The summed E-state index contributed by atoms with van der Waals surface area (Å²) in [4.78, 5) is 21.0. The van der Waals surface area contributed by atoms with Crippen LogP contribution in [-0.2, 0) is 4.79 Å². The lowest BCUT2D eigenvalue weighted by Gasteiger charge is -2.24. The van der Waals surface area contributed by atoms with Crippen LogP contribution in [-0.4, -0.2) is 23.1 Å². The zero-order chi connectivity index (χ0) is 23.5. The van der Waals surface area contributed by atoms with Crippen LogP contribution in [0.4, 0.5) is 5.69 Å². The van der Waals surface area contributed by atoms with Gasteiger partial charge in [-0.1, -0.05) is 78.9 Å². The van der Waals surface area contributed by atoms with Crippen LogP contribution < -0.4 is 4.74 Å². The molecule has 1 heterocycles. The molecule has 34 heavy (non-hydrogen) atoms. The maximum Gasteiger partial charge on any atom is 0.267 e. The van der Waals surface area contributed by atoms with E-state index in [2.05, 4.69) is 6.07 Å². The van der Waals surface area contributed by atoms with E-state index in [1.54, 1.807) is 12.0 Å². The number of benzene rings is 4. The first-order valence-electron chi connectivity index (χ1n) is 11.1. The predicted molar refractivity (Wildman–Crippen MR) is 141 cm³/mol. The number of thioether (sulfide) groups is 1. The molecule has 4 nitrogen and oxygen atoms in total. The van der Waals surface area contributed by atoms with Gasteiger partial charge in [0.2, 0.25) is 0 Å². The van der Waals surface area contributed by atoms with E-state index in [0.717, 1.165) is 33.3 Å². The monoisotopic (exact) mass is 464 g/mol. The first-order valence-corrected chi connectivity index (χ1v) is 11.9. The van der Waals surface area contributed by atoms with Crippen molar-refractivity contribution in [3.8, 4) is 5.75 Å². The van der Waals surface area contributed by atoms with Gasteiger partial charge in [0.15, 0.2) is 5.17 Å². The predicted octanol–water partition coefficient (Wildman–Crippen LogP) is 7.21. The highest BCUT2D eigenvalue weighted by molar-refractivity contribution is 8.18. The van der Waals surface area contributed by atoms with Gasteiger partial charge in [0, 0.05) is 5.39 Å². The number of rotatable bonds is 5. The number of amidine groups is 1. The average Bonchev–Trinajstić information content (AvgIpc) is 3.19. The molecule has 0 saturated carbocycles. The van der Waals surface area contributed by atoms with Gasteiger partial charge in [0.25, 0.3) is 5.91 Å². The summed E-state index contributed by atoms with van der Waals surface area (Å²) in [7, 11) is 1.67. The van der Waals surface area contributed by atoms with Gasteiger partial charge in [-0.2, -0.15) is 0 Å². The Bertz CT molecular complexity index is 1400. The Morgan fingerprint density at radius 1 is 0.853 bits per heavy atom. The summed E-state index contributed by atoms with van der Waals surface area (Å²) in [5.41, 5.74) is 2.85. The first-order chi connectivity index (χ1) is 16.7. The third-order valence-corrected chi connectivity index (χ3v) is 6.89. The zero-order valence-electron chi connectivity index (χ0n) is 19.0. The highest BCUT2D eigenvalue weighted by atomic mass is 32.2. The SMILES string of the molecule is COc1ccc(/C=C2/SC(=Nc3ccccc3)N([C@@H](C)c3ccccc3)C2=O)c2ccccc12. The van der Waals surface area contributed by atoms with Crippen LogP contribution in [0.3, 0.4) is 0 Å². The van der Waals surface area contributed by atoms with Gasteiger partial charge in [0.1, 0.15) is 5.75 Å². The van der Waals surface area contributed by atoms with Gasteiger partial charge in [-0.15, -0.1) is 0 Å². The maximum absolute atomic E-state index is 13.7. The van der Waals surface area contributed by atoms with E-state index in [-0.39, 0.29) is 11.9 Å². The summed E-state index contributed by atoms with van der Waals surface area (Å²) < 4.78 is 5.53. The van der Waals surface area contributed by atoms with E-state index in [1.165, 1.54) is 11.8 Å². The van der Waals surface area contributed by atoms with Crippen molar-refractivity contribution in [1.82, 2.24) is 4.90 Å². The molecule has 0 aromatic heterocycles. The molecular formula is C29H24N2O2S. The molecule has 4 aromatic carbocycles. The Balaban J connectivity index is 1.60. The van der Waals surface area contributed by atoms with Crippen molar-refractivity contribution < 1.29 is 9.53 Å². The van der Waals surface area contributed by atoms with Crippen LogP contribution in [0, 0.1) is 0 Å². The maximum atomic E-state index is 13.7. The van der Waals surface area contributed by atoms with E-state index in [9.17, 15) is 4.79 Å². The number of aliphatic imine (C=N–C) groups is 1. The van der Waals surface area contributed by atoms with Crippen molar-refractivity contribution >= 4 is 45.4 Å². The van der Waals surface area contributed by atoms with E-state index in [4.69, 9.17) is 9.73 Å². The van der Waals surface area contributed by atoms with Crippen LogP contribution in [0.1, 0.15) is 24.1 Å². The van der Waals surface area contributed by atoms with Crippen molar-refractivity contribution in [2.24, 2.45) is 4.99 Å². The summed E-state index contributed by atoms with van der Waals surface area (Å²) >= 11 is 1.41. The van der Waals surface area contributed by atoms with Gasteiger partial charge in [-0.25, -0.2) is 4.99 Å². The Kier molecular flexibility index (Phi) is 6.19. The standard InChI is InChI=1S/C29H24N2O2S/c1-20(21-11-5-3-6-12-21)31-28(32)27(34-29(31)30-23-13-7-4-8-14-23)19-22-17-18-26(33-2)25-16-10-9-15-24(22)25/h3-20H,1-2H3/b27-19+,30-29?/t20-/m0/s1. The lowest BCUT2D eigenvalue weighted by atomic mass is 10.0. The Hall–Kier alpha value is -3.83. The van der Waals surface area contributed by atoms with Crippen LogP contribution in [0.15, 0.2) is 107 Å². The number of hydrogen-bond acceptors (Lipinski definition) is 4. The molecule has 5 rings (SSSR count). The molecule has 0 bridgehead atoms. The second-order valence-electron chi connectivity index (χ2n) is 8.01. The summed E-state index contributed by atoms with van der Waals surface area (Å²) in [6.45, 7) is 2.04. The minimum absolute atomic E-state index is 0.0454. The number of carbonyl (C=O) groups is 1. The topological polar surface area (TPSA) is 41.9 Å². The normalized spacial score (nSPS) is 17.0. The van der Waals surface area contributed by atoms with Gasteiger partial charge >= 0.3 is 0 Å². The Morgan fingerprint density at radius 2 is 1.50 bits per heavy atom. The van der Waals surface area contributed by atoms with Gasteiger partial charge in [-0.05, 0) is 59.5 Å². The fraction of sp³-hybridized carbons (Fsp3) is 0.103. The molecule has 0 spiro atoms. The number of para-hydroxylation sites is 1. The van der Waals surface area contributed by atoms with E-state index in [1.807, 2.05) is 104 Å². The number of carbonyl (C=O) groups excluding carboxylic acids is 1. The molecule has 1 aliphatic rings. The summed E-state index contributed by atoms with van der Waals surface area (Å²) in [6.07, 6.45) is 1.97. The Labute approximate surface area is 203 Å². The van der Waals surface area contributed by atoms with Gasteiger partial charge < -0.3 is 4.74 Å². The minimum atomic E-state index is -0.151. The molecule has 0 N–H and O–H groups in total. The average molecular weight is 465 g/mol. The molecule has 1 aliphatic heterocycles. The quantitative estimate of drug-likeness (QED) is 0.293. The van der Waals surface area contributed by atoms with E-state index < -0.39 is 0 Å².